The Morgan fingerprint density at radius 3 is 2.09 bits per heavy atom. The van der Waals surface area contributed by atoms with Gasteiger partial charge in [-0.15, -0.1) is 5.06 Å². The third-order valence-electron chi connectivity index (χ3n) is 13.8. The minimum atomic E-state index is -0.828. The first-order valence-electron chi connectivity index (χ1n) is 25.0. The highest BCUT2D eigenvalue weighted by atomic mass is 33.1. The van der Waals surface area contributed by atoms with Gasteiger partial charge in [0, 0.05) is 78.1 Å². The summed E-state index contributed by atoms with van der Waals surface area (Å²) < 4.78 is 24.2. The number of hydrogen-bond donors (Lipinski definition) is 3. The van der Waals surface area contributed by atoms with Crippen molar-refractivity contribution in [2.75, 3.05) is 47.0 Å². The van der Waals surface area contributed by atoms with Crippen LogP contribution in [0.1, 0.15) is 88.9 Å². The van der Waals surface area contributed by atoms with E-state index in [-0.39, 0.29) is 67.0 Å². The largest absolute Gasteiger partial charge is 0.493 e. The van der Waals surface area contributed by atoms with Crippen LogP contribution in [-0.2, 0) is 50.1 Å². The average molecular weight is 1090 g/mol. The monoisotopic (exact) mass is 1080 g/mol. The number of carbonyl (C=O) groups is 6. The van der Waals surface area contributed by atoms with Gasteiger partial charge in [-0.1, -0.05) is 58.0 Å². The predicted molar refractivity (Wildman–Crippen MR) is 296 cm³/mol. The topological polar surface area (TPSA) is 195 Å². The van der Waals surface area contributed by atoms with E-state index in [2.05, 4.69) is 29.3 Å². The van der Waals surface area contributed by atoms with Gasteiger partial charge in [0.05, 0.1) is 48.8 Å². The molecule has 0 aromatic heterocycles. The van der Waals surface area contributed by atoms with Crippen molar-refractivity contribution < 1.29 is 52.6 Å². The lowest BCUT2D eigenvalue weighted by molar-refractivity contribution is -0.197. The molecule has 5 aliphatic heterocycles. The lowest BCUT2D eigenvalue weighted by Gasteiger charge is -2.23. The maximum Gasteiger partial charge on any atom is 0.345 e. The minimum Gasteiger partial charge on any atom is -0.493 e. The van der Waals surface area contributed by atoms with Crippen molar-refractivity contribution in [2.45, 2.75) is 94.1 Å². The molecule has 5 aromatic carbocycles. The summed E-state index contributed by atoms with van der Waals surface area (Å²) in [6.07, 6.45) is 4.29. The van der Waals surface area contributed by atoms with Crippen LogP contribution >= 0.6 is 34.2 Å². The SMILES string of the molecule is COc1cc2c(cc1OCc1cc(COc3cc4c(cc3OC)C(=O)N3c5ccccc5C[C@H]3CN4)cc(NC(=O)CCC(C)(C)SSCCC(S)C(=O)ON3C(=O)CCC3=O)c1)N=C[C@@H]1Cc3ccccc3N1C2=O. The Labute approximate surface area is 453 Å². The van der Waals surface area contributed by atoms with E-state index in [1.165, 1.54) is 25.0 Å². The molecule has 5 amide bonds. The standard InChI is InChI=1S/C56H56N6O11S3/c1-56(2,76-75-18-16-49(74)55(68)73-62-51(64)13-14-52(62)65)17-15-50(63)59-36-20-32(30-71-47-26-41-39(24-45(47)69-3)53(66)60-37(28-57-41)22-34-9-5-7-11-43(34)60)19-33(21-36)31-72-48-27-42-40(25-46(48)70-4)54(67)61-38(29-58-42)23-35-10-6-8-12-44(35)61/h5-12,19-21,24-28,37-38,49,58,74H,13-18,22-23,29-31H2,1-4H3,(H,59,63)/t37-,38-,49?/m0/s1. The van der Waals surface area contributed by atoms with Crippen LogP contribution in [0.2, 0.25) is 0 Å². The number of nitrogens with one attached hydrogen (secondary N) is 2. The molecule has 0 aliphatic carbocycles. The summed E-state index contributed by atoms with van der Waals surface area (Å²) >= 11 is 4.34. The number of hydroxylamine groups is 2. The molecule has 5 heterocycles. The van der Waals surface area contributed by atoms with Gasteiger partial charge in [-0.2, -0.15) is 12.6 Å². The Hall–Kier alpha value is -7.16. The number of carbonyl (C=O) groups excluding carboxylic acids is 6. The lowest BCUT2D eigenvalue weighted by atomic mass is 10.1. The zero-order valence-corrected chi connectivity index (χ0v) is 44.8. The Morgan fingerprint density at radius 1 is 0.789 bits per heavy atom. The first-order chi connectivity index (χ1) is 36.7. The summed E-state index contributed by atoms with van der Waals surface area (Å²) in [5, 5.41) is 6.26. The van der Waals surface area contributed by atoms with Gasteiger partial charge >= 0.3 is 5.97 Å². The highest BCUT2D eigenvalue weighted by molar-refractivity contribution is 8.77. The second kappa shape index (κ2) is 22.2. The van der Waals surface area contributed by atoms with Crippen molar-refractivity contribution in [1.29, 1.82) is 0 Å². The molecule has 0 spiro atoms. The zero-order valence-electron chi connectivity index (χ0n) is 42.3. The normalized spacial score (nSPS) is 17.6. The third-order valence-corrected chi connectivity index (χ3v) is 17.6. The summed E-state index contributed by atoms with van der Waals surface area (Å²) in [6.45, 7) is 4.72. The molecule has 2 N–H and O–H groups in total. The highest BCUT2D eigenvalue weighted by Crippen LogP contribution is 2.44. The van der Waals surface area contributed by atoms with E-state index in [0.29, 0.717) is 98.9 Å². The molecule has 5 aliphatic rings. The van der Waals surface area contributed by atoms with Crippen LogP contribution in [0.5, 0.6) is 23.0 Å². The van der Waals surface area contributed by atoms with Crippen LogP contribution in [0.15, 0.2) is 96.0 Å². The zero-order chi connectivity index (χ0) is 53.3. The van der Waals surface area contributed by atoms with Gasteiger partial charge in [-0.05, 0) is 97.8 Å². The van der Waals surface area contributed by atoms with Gasteiger partial charge in [-0.3, -0.25) is 33.9 Å². The van der Waals surface area contributed by atoms with Crippen LogP contribution < -0.4 is 39.4 Å². The number of anilines is 4. The van der Waals surface area contributed by atoms with Crippen molar-refractivity contribution in [3.8, 4) is 23.0 Å². The fourth-order valence-corrected chi connectivity index (χ4v) is 12.9. The number of benzene rings is 5. The smallest absolute Gasteiger partial charge is 0.345 e. The molecule has 10 rings (SSSR count). The fraction of sp³-hybridized carbons (Fsp3) is 0.339. The molecule has 1 saturated heterocycles. The molecule has 394 valence electrons. The Bertz CT molecular complexity index is 3170. The van der Waals surface area contributed by atoms with E-state index in [1.54, 1.807) is 46.2 Å². The molecule has 3 atom stereocenters. The minimum absolute atomic E-state index is 0.0114. The van der Waals surface area contributed by atoms with Crippen molar-refractivity contribution >= 4 is 104 Å². The maximum atomic E-state index is 14.1. The number of aliphatic imine (C=N–C) groups is 1. The van der Waals surface area contributed by atoms with Crippen LogP contribution in [0.25, 0.3) is 0 Å². The fourth-order valence-electron chi connectivity index (χ4n) is 9.89. The Morgan fingerprint density at radius 2 is 1.41 bits per heavy atom. The van der Waals surface area contributed by atoms with Gasteiger partial charge in [-0.25, -0.2) is 4.79 Å². The van der Waals surface area contributed by atoms with Crippen LogP contribution in [-0.4, -0.2) is 95.4 Å². The number of nitrogens with zero attached hydrogens (tertiary/aromatic N) is 4. The number of fused-ring (bicyclic) bond motifs is 8. The molecule has 76 heavy (non-hydrogen) atoms. The van der Waals surface area contributed by atoms with Crippen molar-refractivity contribution in [1.82, 2.24) is 5.06 Å². The molecular weight excluding hydrogens is 1030 g/mol. The second-order valence-corrected chi connectivity index (χ2v) is 23.3. The van der Waals surface area contributed by atoms with Gasteiger partial charge in [0.25, 0.3) is 23.6 Å². The number of hydrogen-bond acceptors (Lipinski definition) is 16. The quantitative estimate of drug-likeness (QED) is 0.0306. The number of rotatable bonds is 19. The molecule has 5 aromatic rings. The highest BCUT2D eigenvalue weighted by Gasteiger charge is 2.39. The number of methoxy groups -OCH3 is 2. The molecule has 1 fully saturated rings. The van der Waals surface area contributed by atoms with Gasteiger partial charge in [0.2, 0.25) is 5.91 Å². The van der Waals surface area contributed by atoms with Gasteiger partial charge in [0.15, 0.2) is 23.0 Å². The first kappa shape index (κ1) is 52.3. The maximum absolute atomic E-state index is 14.1. The van der Waals surface area contributed by atoms with E-state index in [9.17, 15) is 28.8 Å². The van der Waals surface area contributed by atoms with E-state index < -0.39 is 23.0 Å². The summed E-state index contributed by atoms with van der Waals surface area (Å²) in [4.78, 5) is 91.6. The van der Waals surface area contributed by atoms with E-state index >= 15 is 0 Å². The third kappa shape index (κ3) is 11.1. The molecule has 1 unspecified atom stereocenters. The summed E-state index contributed by atoms with van der Waals surface area (Å²) in [5.41, 5.74) is 7.86. The summed E-state index contributed by atoms with van der Waals surface area (Å²) in [7, 11) is 6.16. The number of amides is 5. The van der Waals surface area contributed by atoms with Crippen molar-refractivity contribution in [2.24, 2.45) is 4.99 Å². The second-order valence-electron chi connectivity index (χ2n) is 19.6. The van der Waals surface area contributed by atoms with Crippen molar-refractivity contribution in [3.05, 3.63) is 124 Å². The van der Waals surface area contributed by atoms with Gasteiger partial charge < -0.3 is 39.3 Å². The van der Waals surface area contributed by atoms with E-state index in [0.717, 1.165) is 28.9 Å². The number of thiol groups is 1. The number of para-hydroxylation sites is 2. The van der Waals surface area contributed by atoms with Gasteiger partial charge in [0.1, 0.15) is 18.5 Å². The molecule has 0 radical (unpaired) electrons. The Kier molecular flexibility index (Phi) is 15.3. The molecule has 0 saturated carbocycles. The lowest BCUT2D eigenvalue weighted by Crippen LogP contribution is -2.39. The van der Waals surface area contributed by atoms with Crippen LogP contribution in [0, 0.1) is 0 Å². The average Bonchev–Trinajstić information content (AvgIpc) is 4.03. The van der Waals surface area contributed by atoms with Crippen molar-refractivity contribution in [3.63, 3.8) is 0 Å². The number of ether oxygens (including phenoxy) is 4. The molecular formula is C56H56N6O11S3. The first-order valence-corrected chi connectivity index (χ1v) is 27.8. The summed E-state index contributed by atoms with van der Waals surface area (Å²) in [6, 6.07) is 28.0. The molecule has 0 bridgehead atoms. The Balaban J connectivity index is 0.834. The van der Waals surface area contributed by atoms with E-state index in [1.807, 2.05) is 79.4 Å². The summed E-state index contributed by atoms with van der Waals surface area (Å²) in [5.74, 6) is -0.305. The van der Waals surface area contributed by atoms with Crippen LogP contribution in [0.3, 0.4) is 0 Å². The predicted octanol–water partition coefficient (Wildman–Crippen LogP) is 9.32. The molecule has 20 heteroatoms. The van der Waals surface area contributed by atoms with E-state index in [4.69, 9.17) is 28.8 Å². The number of imide groups is 1. The molecule has 17 nitrogen and oxygen atoms in total. The van der Waals surface area contributed by atoms with Crippen LogP contribution in [0.4, 0.5) is 28.4 Å².